The van der Waals surface area contributed by atoms with Crippen molar-refractivity contribution in [1.29, 1.82) is 0 Å². The van der Waals surface area contributed by atoms with Gasteiger partial charge in [-0.2, -0.15) is 5.10 Å². The van der Waals surface area contributed by atoms with Crippen molar-refractivity contribution in [3.63, 3.8) is 0 Å². The molecule has 154 valence electrons. The topological polar surface area (TPSA) is 171 Å². The van der Waals surface area contributed by atoms with Gasteiger partial charge in [-0.15, -0.1) is 10.2 Å². The van der Waals surface area contributed by atoms with E-state index in [1.807, 2.05) is 17.1 Å². The van der Waals surface area contributed by atoms with E-state index in [0.717, 1.165) is 17.4 Å². The van der Waals surface area contributed by atoms with Gasteiger partial charge < -0.3 is 9.72 Å². The largest absolute Gasteiger partial charge is 0.496 e. The van der Waals surface area contributed by atoms with Gasteiger partial charge in [0, 0.05) is 11.6 Å². The maximum Gasteiger partial charge on any atom is 0.326 e. The van der Waals surface area contributed by atoms with Gasteiger partial charge in [0.15, 0.2) is 0 Å². The fraction of sp³-hybridized carbons (Fsp3) is 0.118. The number of hydrogen-bond donors (Lipinski definition) is 4. The van der Waals surface area contributed by atoms with Gasteiger partial charge in [0.1, 0.15) is 16.5 Å². The number of para-hydroxylation sites is 1. The first-order chi connectivity index (χ1) is 14.4. The summed E-state index contributed by atoms with van der Waals surface area (Å²) >= 11 is 0.964. The Morgan fingerprint density at radius 2 is 2.03 bits per heavy atom. The molecule has 13 heteroatoms. The number of methoxy groups -OCH3 is 1. The quantitative estimate of drug-likeness (QED) is 0.299. The van der Waals surface area contributed by atoms with Crippen LogP contribution in [0.2, 0.25) is 0 Å². The van der Waals surface area contributed by atoms with Crippen LogP contribution in [-0.2, 0) is 11.2 Å². The molecule has 4 N–H and O–H groups in total. The molecule has 0 fully saturated rings. The number of amides is 2. The Bertz CT molecular complexity index is 1180. The normalized spacial score (nSPS) is 10.7. The zero-order valence-electron chi connectivity index (χ0n) is 15.5. The lowest BCUT2D eigenvalue weighted by Gasteiger charge is -2.02. The molecule has 0 bridgehead atoms. The fourth-order valence-corrected chi connectivity index (χ4v) is 2.99. The first kappa shape index (κ1) is 20.6. The van der Waals surface area contributed by atoms with Crippen LogP contribution in [0.3, 0.4) is 0 Å². The van der Waals surface area contributed by atoms with Gasteiger partial charge in [-0.05, 0) is 12.1 Å². The third-order valence-electron chi connectivity index (χ3n) is 3.54. The number of H-pyrrole nitrogens is 2. The summed E-state index contributed by atoms with van der Waals surface area (Å²) in [5, 5.41) is 14.3. The van der Waals surface area contributed by atoms with Gasteiger partial charge >= 0.3 is 5.69 Å². The van der Waals surface area contributed by atoms with E-state index in [-0.39, 0.29) is 17.2 Å². The highest BCUT2D eigenvalue weighted by atomic mass is 32.1. The van der Waals surface area contributed by atoms with Crippen LogP contribution >= 0.6 is 11.3 Å². The Morgan fingerprint density at radius 3 is 2.80 bits per heavy atom. The molecule has 0 spiro atoms. The molecule has 1 aromatic carbocycles. The number of ether oxygens (including phenoxy) is 1. The molecule has 3 aromatic rings. The molecule has 3 rings (SSSR count). The van der Waals surface area contributed by atoms with E-state index in [1.54, 1.807) is 12.1 Å². The number of aromatic nitrogens is 4. The SMILES string of the molecule is COc1ccccc1/C=N\NC(=O)Cc1nnc(NC(=O)c2cc(=O)[nH]c(=O)[nH]2)s1. The van der Waals surface area contributed by atoms with Crippen LogP contribution in [0.15, 0.2) is 45.0 Å². The van der Waals surface area contributed by atoms with E-state index in [4.69, 9.17) is 4.74 Å². The van der Waals surface area contributed by atoms with Crippen LogP contribution in [0, 0.1) is 0 Å². The van der Waals surface area contributed by atoms with Crippen molar-refractivity contribution in [2.24, 2.45) is 5.10 Å². The summed E-state index contributed by atoms with van der Waals surface area (Å²) in [5.74, 6) is -0.567. The number of hydrazone groups is 1. The molecule has 0 aliphatic carbocycles. The summed E-state index contributed by atoms with van der Waals surface area (Å²) in [4.78, 5) is 50.7. The summed E-state index contributed by atoms with van der Waals surface area (Å²) in [5.41, 5.74) is 1.30. The molecule has 0 saturated carbocycles. The minimum Gasteiger partial charge on any atom is -0.496 e. The van der Waals surface area contributed by atoms with E-state index in [0.29, 0.717) is 16.3 Å². The predicted molar refractivity (Wildman–Crippen MR) is 108 cm³/mol. The monoisotopic (exact) mass is 429 g/mol. The molecule has 0 aliphatic heterocycles. The number of rotatable bonds is 7. The van der Waals surface area contributed by atoms with Crippen molar-refractivity contribution in [1.82, 2.24) is 25.6 Å². The number of carbonyl (C=O) groups is 2. The molecule has 0 unspecified atom stereocenters. The summed E-state index contributed by atoms with van der Waals surface area (Å²) in [6, 6.07) is 8.10. The van der Waals surface area contributed by atoms with Gasteiger partial charge in [-0.1, -0.05) is 23.5 Å². The zero-order valence-corrected chi connectivity index (χ0v) is 16.3. The number of carbonyl (C=O) groups excluding carboxylic acids is 2. The maximum atomic E-state index is 12.1. The van der Waals surface area contributed by atoms with Crippen molar-refractivity contribution >= 4 is 34.5 Å². The van der Waals surface area contributed by atoms with Gasteiger partial charge in [0.25, 0.3) is 11.5 Å². The van der Waals surface area contributed by atoms with E-state index in [9.17, 15) is 19.2 Å². The molecule has 2 heterocycles. The summed E-state index contributed by atoms with van der Waals surface area (Å²) in [6.45, 7) is 0. The molecule has 0 atom stereocenters. The van der Waals surface area contributed by atoms with Crippen LogP contribution in [0.5, 0.6) is 5.75 Å². The summed E-state index contributed by atoms with van der Waals surface area (Å²) < 4.78 is 5.18. The average molecular weight is 429 g/mol. The molecule has 0 saturated heterocycles. The predicted octanol–water partition coefficient (Wildman–Crippen LogP) is -0.132. The van der Waals surface area contributed by atoms with Gasteiger partial charge in [-0.3, -0.25) is 24.7 Å². The Hall–Kier alpha value is -4.13. The highest BCUT2D eigenvalue weighted by Crippen LogP contribution is 2.16. The van der Waals surface area contributed by atoms with Gasteiger partial charge in [-0.25, -0.2) is 10.2 Å². The van der Waals surface area contributed by atoms with Crippen LogP contribution in [0.4, 0.5) is 5.13 Å². The third-order valence-corrected chi connectivity index (χ3v) is 4.37. The molecular weight excluding hydrogens is 414 g/mol. The first-order valence-corrected chi connectivity index (χ1v) is 9.18. The molecule has 2 aromatic heterocycles. The second-order valence-electron chi connectivity index (χ2n) is 5.67. The second kappa shape index (κ2) is 9.38. The Labute approximate surface area is 172 Å². The lowest BCUT2D eigenvalue weighted by molar-refractivity contribution is -0.120. The number of anilines is 1. The van der Waals surface area contributed by atoms with Gasteiger partial charge in [0.2, 0.25) is 11.0 Å². The average Bonchev–Trinajstić information content (AvgIpc) is 3.14. The number of nitrogens with zero attached hydrogens (tertiary/aromatic N) is 3. The smallest absolute Gasteiger partial charge is 0.326 e. The first-order valence-electron chi connectivity index (χ1n) is 8.37. The molecular formula is C17H15N7O5S. The minimum absolute atomic E-state index is 0.0986. The summed E-state index contributed by atoms with van der Waals surface area (Å²) in [6.07, 6.45) is 1.34. The number of nitrogens with one attached hydrogen (secondary N) is 4. The van der Waals surface area contributed by atoms with Crippen LogP contribution in [0.25, 0.3) is 0 Å². The third kappa shape index (κ3) is 5.45. The van der Waals surface area contributed by atoms with E-state index in [1.165, 1.54) is 13.3 Å². The van der Waals surface area contributed by atoms with Crippen LogP contribution in [-0.4, -0.2) is 45.3 Å². The molecule has 2 amide bonds. The Kier molecular flexibility index (Phi) is 6.44. The van der Waals surface area contributed by atoms with E-state index in [2.05, 4.69) is 31.0 Å². The highest BCUT2D eigenvalue weighted by Gasteiger charge is 2.13. The maximum absolute atomic E-state index is 12.1. The molecule has 12 nitrogen and oxygen atoms in total. The lowest BCUT2D eigenvalue weighted by atomic mass is 10.2. The van der Waals surface area contributed by atoms with Crippen molar-refractivity contribution in [3.8, 4) is 5.75 Å². The summed E-state index contributed by atoms with van der Waals surface area (Å²) in [7, 11) is 1.53. The van der Waals surface area contributed by atoms with Crippen molar-refractivity contribution < 1.29 is 14.3 Å². The number of hydrogen-bond acceptors (Lipinski definition) is 9. The van der Waals surface area contributed by atoms with Crippen LogP contribution in [0.1, 0.15) is 21.1 Å². The van der Waals surface area contributed by atoms with E-state index >= 15 is 0 Å². The van der Waals surface area contributed by atoms with E-state index < -0.39 is 23.1 Å². The minimum atomic E-state index is -0.809. The Morgan fingerprint density at radius 1 is 1.23 bits per heavy atom. The zero-order chi connectivity index (χ0) is 21.5. The lowest BCUT2D eigenvalue weighted by Crippen LogP contribution is -2.27. The Balaban J connectivity index is 1.56. The second-order valence-corrected chi connectivity index (χ2v) is 6.73. The standard InChI is InChI=1S/C17H15N7O5S/c1-29-11-5-3-2-4-9(11)8-18-22-13(26)7-14-23-24-17(30-14)21-15(27)10-6-12(25)20-16(28)19-10/h2-6,8H,7H2,1H3,(H,22,26)(H,21,24,27)(H2,19,20,25,28)/b18-8-. The fourth-order valence-electron chi connectivity index (χ4n) is 2.25. The molecule has 0 aliphatic rings. The van der Waals surface area contributed by atoms with Gasteiger partial charge in [0.05, 0.1) is 19.7 Å². The van der Waals surface area contributed by atoms with Crippen molar-refractivity contribution in [2.75, 3.05) is 12.4 Å². The molecule has 30 heavy (non-hydrogen) atoms. The van der Waals surface area contributed by atoms with Crippen molar-refractivity contribution in [2.45, 2.75) is 6.42 Å². The highest BCUT2D eigenvalue weighted by molar-refractivity contribution is 7.15. The van der Waals surface area contributed by atoms with Crippen LogP contribution < -0.4 is 26.7 Å². The van der Waals surface area contributed by atoms with Crippen molar-refractivity contribution in [3.05, 3.63) is 67.4 Å². The number of benzene rings is 1. The number of aromatic amines is 2. The molecule has 0 radical (unpaired) electrons.